The number of anilines is 2. The average molecular weight is 238 g/mol. The molecule has 94 valence electrons. The maximum absolute atomic E-state index is 8.87. The van der Waals surface area contributed by atoms with Gasteiger partial charge < -0.3 is 15.4 Å². The van der Waals surface area contributed by atoms with Crippen LogP contribution in [0.25, 0.3) is 0 Å². The normalized spacial score (nSPS) is 17.2. The van der Waals surface area contributed by atoms with Crippen molar-refractivity contribution in [1.29, 1.82) is 0 Å². The van der Waals surface area contributed by atoms with E-state index < -0.39 is 0 Å². The first-order valence-corrected chi connectivity index (χ1v) is 5.70. The molecule has 1 aliphatic rings. The first-order valence-electron chi connectivity index (χ1n) is 5.70. The highest BCUT2D eigenvalue weighted by atomic mass is 16.3. The Morgan fingerprint density at radius 3 is 2.71 bits per heavy atom. The van der Waals surface area contributed by atoms with Crippen molar-refractivity contribution in [2.75, 3.05) is 49.7 Å². The van der Waals surface area contributed by atoms with Crippen LogP contribution in [0.1, 0.15) is 0 Å². The minimum absolute atomic E-state index is 0.217. The van der Waals surface area contributed by atoms with E-state index in [2.05, 4.69) is 25.2 Å². The van der Waals surface area contributed by atoms with Gasteiger partial charge in [0.1, 0.15) is 18.0 Å². The number of β-amino-alcohol motifs (C(OH)–C–C–N with tert-alkyl or cyclic N) is 1. The van der Waals surface area contributed by atoms with Crippen LogP contribution in [-0.4, -0.2) is 59.3 Å². The van der Waals surface area contributed by atoms with Crippen LogP contribution >= 0.6 is 0 Å². The molecule has 1 aromatic heterocycles. The first kappa shape index (κ1) is 12.0. The third-order valence-corrected chi connectivity index (χ3v) is 2.91. The van der Waals surface area contributed by atoms with E-state index in [0.717, 1.165) is 38.5 Å². The molecule has 0 aliphatic carbocycles. The Morgan fingerprint density at radius 2 is 2.06 bits per heavy atom. The van der Waals surface area contributed by atoms with E-state index in [9.17, 15) is 0 Å². The molecule has 0 spiro atoms. The molecule has 7 nitrogen and oxygen atoms in total. The first-order chi connectivity index (χ1) is 8.33. The number of nitrogens with two attached hydrogens (primary N) is 1. The molecule has 1 aliphatic heterocycles. The van der Waals surface area contributed by atoms with Crippen LogP contribution in [0.15, 0.2) is 12.4 Å². The fourth-order valence-corrected chi connectivity index (χ4v) is 1.94. The molecule has 0 radical (unpaired) electrons. The number of hydrogen-bond donors (Lipinski definition) is 3. The van der Waals surface area contributed by atoms with E-state index in [1.807, 2.05) is 6.07 Å². The molecule has 1 saturated heterocycles. The van der Waals surface area contributed by atoms with Gasteiger partial charge in [-0.1, -0.05) is 0 Å². The molecule has 17 heavy (non-hydrogen) atoms. The second-order valence-corrected chi connectivity index (χ2v) is 3.96. The van der Waals surface area contributed by atoms with Gasteiger partial charge in [-0.3, -0.25) is 4.90 Å². The lowest BCUT2D eigenvalue weighted by atomic mass is 10.3. The van der Waals surface area contributed by atoms with Gasteiger partial charge in [0.15, 0.2) is 0 Å². The Balaban J connectivity index is 1.95. The molecule has 0 atom stereocenters. The Kier molecular flexibility index (Phi) is 4.08. The lowest BCUT2D eigenvalue weighted by Crippen LogP contribution is -2.47. The zero-order chi connectivity index (χ0) is 12.1. The fourth-order valence-electron chi connectivity index (χ4n) is 1.94. The summed E-state index contributed by atoms with van der Waals surface area (Å²) in [5, 5.41) is 8.87. The molecule has 1 fully saturated rings. The highest BCUT2D eigenvalue weighted by Crippen LogP contribution is 2.15. The summed E-state index contributed by atoms with van der Waals surface area (Å²) >= 11 is 0. The topological polar surface area (TPSA) is 90.5 Å². The van der Waals surface area contributed by atoms with E-state index in [1.165, 1.54) is 6.33 Å². The molecule has 0 aromatic carbocycles. The van der Waals surface area contributed by atoms with Gasteiger partial charge in [-0.05, 0) is 0 Å². The summed E-state index contributed by atoms with van der Waals surface area (Å²) in [6, 6.07) is 1.84. The summed E-state index contributed by atoms with van der Waals surface area (Å²) in [7, 11) is 0. The standard InChI is InChI=1S/C10H18N6O/c11-14-9-7-10(13-8-12-9)16-3-1-15(2-4-16)5-6-17/h7-8,17H,1-6,11H2,(H,12,13,14). The molecule has 7 heteroatoms. The van der Waals surface area contributed by atoms with Crippen molar-refractivity contribution >= 4 is 11.6 Å². The van der Waals surface area contributed by atoms with Gasteiger partial charge in [-0.2, -0.15) is 0 Å². The minimum Gasteiger partial charge on any atom is -0.395 e. The van der Waals surface area contributed by atoms with Crippen LogP contribution in [0.5, 0.6) is 0 Å². The Morgan fingerprint density at radius 1 is 1.29 bits per heavy atom. The molecular formula is C10H18N6O. The second-order valence-electron chi connectivity index (χ2n) is 3.96. The van der Waals surface area contributed by atoms with Gasteiger partial charge in [0.05, 0.1) is 6.61 Å². The van der Waals surface area contributed by atoms with Gasteiger partial charge in [-0.25, -0.2) is 15.8 Å². The SMILES string of the molecule is NNc1cc(N2CCN(CCO)CC2)ncn1. The van der Waals surface area contributed by atoms with Crippen molar-refractivity contribution in [2.24, 2.45) is 5.84 Å². The highest BCUT2D eigenvalue weighted by molar-refractivity contribution is 5.48. The molecule has 2 heterocycles. The molecule has 0 saturated carbocycles. The number of nitrogens with one attached hydrogen (secondary N) is 1. The summed E-state index contributed by atoms with van der Waals surface area (Å²) in [6.45, 7) is 4.65. The fraction of sp³-hybridized carbons (Fsp3) is 0.600. The lowest BCUT2D eigenvalue weighted by molar-refractivity contribution is 0.188. The van der Waals surface area contributed by atoms with Gasteiger partial charge in [-0.15, -0.1) is 0 Å². The van der Waals surface area contributed by atoms with Crippen LogP contribution in [-0.2, 0) is 0 Å². The number of aliphatic hydroxyl groups is 1. The summed E-state index contributed by atoms with van der Waals surface area (Å²) in [4.78, 5) is 12.6. The number of hydrogen-bond acceptors (Lipinski definition) is 7. The summed E-state index contributed by atoms with van der Waals surface area (Å²) in [6.07, 6.45) is 1.50. The van der Waals surface area contributed by atoms with E-state index in [1.54, 1.807) is 0 Å². The Hall–Kier alpha value is -1.44. The highest BCUT2D eigenvalue weighted by Gasteiger charge is 2.17. The van der Waals surface area contributed by atoms with Crippen molar-refractivity contribution in [1.82, 2.24) is 14.9 Å². The predicted molar refractivity (Wildman–Crippen MR) is 65.6 cm³/mol. The molecule has 2 rings (SSSR count). The number of nitrogen functional groups attached to an aromatic ring is 1. The smallest absolute Gasteiger partial charge is 0.145 e. The summed E-state index contributed by atoms with van der Waals surface area (Å²) in [5.74, 6) is 6.82. The molecule has 4 N–H and O–H groups in total. The van der Waals surface area contributed by atoms with Crippen molar-refractivity contribution in [3.05, 3.63) is 12.4 Å². The monoisotopic (exact) mass is 238 g/mol. The third kappa shape index (κ3) is 3.02. The van der Waals surface area contributed by atoms with E-state index >= 15 is 0 Å². The number of rotatable bonds is 4. The van der Waals surface area contributed by atoms with Crippen LogP contribution in [0.2, 0.25) is 0 Å². The number of aromatic nitrogens is 2. The number of piperazine rings is 1. The minimum atomic E-state index is 0.217. The zero-order valence-corrected chi connectivity index (χ0v) is 9.71. The Bertz CT molecular complexity index is 352. The molecule has 0 bridgehead atoms. The van der Waals surface area contributed by atoms with E-state index in [-0.39, 0.29) is 6.61 Å². The predicted octanol–water partition coefficient (Wildman–Crippen LogP) is -1.12. The van der Waals surface area contributed by atoms with Crippen molar-refractivity contribution < 1.29 is 5.11 Å². The summed E-state index contributed by atoms with van der Waals surface area (Å²) in [5.41, 5.74) is 2.51. The quantitative estimate of drug-likeness (QED) is 0.452. The van der Waals surface area contributed by atoms with Crippen molar-refractivity contribution in [3.63, 3.8) is 0 Å². The maximum atomic E-state index is 8.87. The number of aliphatic hydroxyl groups excluding tert-OH is 1. The molecular weight excluding hydrogens is 220 g/mol. The summed E-state index contributed by atoms with van der Waals surface area (Å²) < 4.78 is 0. The molecule has 0 amide bonds. The van der Waals surface area contributed by atoms with E-state index in [4.69, 9.17) is 10.9 Å². The third-order valence-electron chi connectivity index (χ3n) is 2.91. The second kappa shape index (κ2) is 5.76. The van der Waals surface area contributed by atoms with Crippen molar-refractivity contribution in [3.8, 4) is 0 Å². The zero-order valence-electron chi connectivity index (χ0n) is 9.71. The number of hydrazine groups is 1. The van der Waals surface area contributed by atoms with Crippen molar-refractivity contribution in [2.45, 2.75) is 0 Å². The van der Waals surface area contributed by atoms with Gasteiger partial charge >= 0.3 is 0 Å². The van der Waals surface area contributed by atoms with Gasteiger partial charge in [0.25, 0.3) is 0 Å². The van der Waals surface area contributed by atoms with Crippen LogP contribution in [0, 0.1) is 0 Å². The van der Waals surface area contributed by atoms with E-state index in [0.29, 0.717) is 5.82 Å². The van der Waals surface area contributed by atoms with Crippen LogP contribution in [0.4, 0.5) is 11.6 Å². The molecule has 0 unspecified atom stereocenters. The van der Waals surface area contributed by atoms with Gasteiger partial charge in [0.2, 0.25) is 0 Å². The number of nitrogens with zero attached hydrogens (tertiary/aromatic N) is 4. The maximum Gasteiger partial charge on any atom is 0.145 e. The largest absolute Gasteiger partial charge is 0.395 e. The van der Waals surface area contributed by atoms with Gasteiger partial charge in [0, 0.05) is 38.8 Å². The van der Waals surface area contributed by atoms with Crippen LogP contribution in [0.3, 0.4) is 0 Å². The average Bonchev–Trinajstić information content (AvgIpc) is 2.40. The Labute approximate surface area is 100 Å². The lowest BCUT2D eigenvalue weighted by Gasteiger charge is -2.35. The van der Waals surface area contributed by atoms with Crippen LogP contribution < -0.4 is 16.2 Å². The molecule has 1 aromatic rings.